The number of carboxylic acid groups (broad SMARTS) is 1. The number of aliphatic carboxylic acids is 1. The first-order chi connectivity index (χ1) is 40.6. The average molecular weight is 1160 g/mol. The van der Waals surface area contributed by atoms with Crippen molar-refractivity contribution >= 4 is 17.9 Å². The fourth-order valence-electron chi connectivity index (χ4n) is 9.31. The Morgan fingerprint density at radius 3 is 1.02 bits per heavy atom. The largest absolute Gasteiger partial charge is 0.545 e. The first-order valence-corrected chi connectivity index (χ1v) is 34.0. The van der Waals surface area contributed by atoms with E-state index in [0.29, 0.717) is 17.4 Å². The highest BCUT2D eigenvalue weighted by Crippen LogP contribution is 2.17. The van der Waals surface area contributed by atoms with Crippen molar-refractivity contribution in [3.8, 4) is 0 Å². The van der Waals surface area contributed by atoms with Crippen LogP contribution in [0.2, 0.25) is 0 Å². The Morgan fingerprint density at radius 1 is 0.373 bits per heavy atom. The van der Waals surface area contributed by atoms with Gasteiger partial charge in [-0.3, -0.25) is 9.59 Å². The van der Waals surface area contributed by atoms with Crippen molar-refractivity contribution in [1.82, 2.24) is 0 Å². The summed E-state index contributed by atoms with van der Waals surface area (Å²) in [5, 5.41) is 11.8. The average Bonchev–Trinajstić information content (AvgIpc) is 3.46. The molecule has 9 heteroatoms. The minimum Gasteiger partial charge on any atom is -0.545 e. The van der Waals surface area contributed by atoms with E-state index in [2.05, 4.69) is 123 Å². The molecule has 0 aromatic heterocycles. The third-order valence-electron chi connectivity index (χ3n) is 14.5. The molecule has 0 saturated carbocycles. The Labute approximate surface area is 511 Å². The van der Waals surface area contributed by atoms with E-state index in [1.165, 1.54) is 148 Å². The van der Waals surface area contributed by atoms with E-state index in [0.717, 1.165) is 103 Å². The van der Waals surface area contributed by atoms with Crippen LogP contribution in [0.1, 0.15) is 284 Å². The Hall–Kier alpha value is -4.05. The smallest absolute Gasteiger partial charge is 0.306 e. The number of carbonyl (C=O) groups is 3. The fourth-order valence-corrected chi connectivity index (χ4v) is 9.31. The van der Waals surface area contributed by atoms with Gasteiger partial charge in [0, 0.05) is 12.8 Å². The predicted octanol–water partition coefficient (Wildman–Crippen LogP) is 19.7. The van der Waals surface area contributed by atoms with Crippen LogP contribution in [0.3, 0.4) is 0 Å². The molecule has 0 amide bonds. The summed E-state index contributed by atoms with van der Waals surface area (Å²) >= 11 is 0. The van der Waals surface area contributed by atoms with Gasteiger partial charge in [-0.15, -0.1) is 0 Å². The van der Waals surface area contributed by atoms with Crippen LogP contribution >= 0.6 is 0 Å². The standard InChI is InChI=1S/C74H127NO8/c1-6-8-10-12-14-16-18-20-22-24-26-28-30-32-34-35-36-37-39-40-42-44-46-48-50-52-54-56-58-60-62-64-71(76)81-68-70(69-82-74(73(78)79)80-67-66-75(3,4)5)83-72(77)65-63-61-59-57-55-53-51-49-47-45-43-41-38-33-31-29-27-25-23-21-19-17-15-13-11-9-7-2/h9,11,15,17-18,20-21,23-24,26-27,29,33,38,43,45,49,51,70,74H,6-8,10,12-14,16,19,22,25,28,30-32,34-37,39-42,44,46-48,50,52-69H2,1-5H3/b11-9-,17-15-,20-18-,23-21-,26-24-,29-27-,38-33-,45-43-,51-49-. The molecule has 2 unspecified atom stereocenters. The molecule has 0 spiro atoms. The summed E-state index contributed by atoms with van der Waals surface area (Å²) in [6, 6.07) is 0. The number of hydrogen-bond donors (Lipinski definition) is 0. The number of esters is 2. The second-order valence-electron chi connectivity index (χ2n) is 23.7. The number of hydrogen-bond acceptors (Lipinski definition) is 8. The van der Waals surface area contributed by atoms with Crippen LogP contribution in [0.4, 0.5) is 0 Å². The van der Waals surface area contributed by atoms with Gasteiger partial charge in [-0.05, 0) is 103 Å². The van der Waals surface area contributed by atoms with Gasteiger partial charge in [0.15, 0.2) is 12.4 Å². The van der Waals surface area contributed by atoms with Gasteiger partial charge >= 0.3 is 11.9 Å². The molecule has 476 valence electrons. The van der Waals surface area contributed by atoms with Crippen molar-refractivity contribution in [2.24, 2.45) is 0 Å². The lowest BCUT2D eigenvalue weighted by atomic mass is 10.0. The monoisotopic (exact) mass is 1160 g/mol. The molecule has 0 aliphatic rings. The topological polar surface area (TPSA) is 111 Å². The SMILES string of the molecule is CC/C=C\C/C=C\C/C=C\C/C=C\C/C=C\C/C=C\C/C=C\CCCCCCCC(=O)OC(COC(=O)CCCCCCCCCCCCCCCCCCCCC/C=C\C/C=C\CCCCCCC)COC(OCC[N+](C)(C)C)C(=O)[O-]. The Morgan fingerprint density at radius 2 is 0.687 bits per heavy atom. The number of quaternary nitrogens is 1. The van der Waals surface area contributed by atoms with Gasteiger partial charge in [-0.2, -0.15) is 0 Å². The molecule has 0 saturated heterocycles. The van der Waals surface area contributed by atoms with E-state index >= 15 is 0 Å². The normalized spacial score (nSPS) is 13.4. The summed E-state index contributed by atoms with van der Waals surface area (Å²) in [7, 11) is 5.92. The molecule has 0 N–H and O–H groups in total. The number of likely N-dealkylation sites (N-methyl/N-ethyl adjacent to an activating group) is 1. The Kier molecular flexibility index (Phi) is 60.8. The van der Waals surface area contributed by atoms with E-state index in [1.807, 2.05) is 21.1 Å². The second-order valence-corrected chi connectivity index (χ2v) is 23.7. The van der Waals surface area contributed by atoms with Crippen molar-refractivity contribution in [3.63, 3.8) is 0 Å². The molecule has 0 aliphatic carbocycles. The number of rotatable bonds is 62. The number of carboxylic acids is 1. The van der Waals surface area contributed by atoms with E-state index < -0.39 is 24.3 Å². The minimum atomic E-state index is -1.63. The third-order valence-corrected chi connectivity index (χ3v) is 14.5. The minimum absolute atomic E-state index is 0.139. The molecule has 0 aromatic carbocycles. The molecule has 2 atom stereocenters. The van der Waals surface area contributed by atoms with Gasteiger partial charge in [-0.1, -0.05) is 277 Å². The summed E-state index contributed by atoms with van der Waals surface area (Å²) in [6.07, 6.45) is 85.9. The molecule has 0 aliphatic heterocycles. The first-order valence-electron chi connectivity index (χ1n) is 34.0. The van der Waals surface area contributed by atoms with Crippen molar-refractivity contribution in [1.29, 1.82) is 0 Å². The quantitative estimate of drug-likeness (QED) is 0.0195. The molecule has 0 bridgehead atoms. The maximum atomic E-state index is 12.9. The zero-order valence-electron chi connectivity index (χ0n) is 54.3. The summed E-state index contributed by atoms with van der Waals surface area (Å²) in [4.78, 5) is 37.5. The van der Waals surface area contributed by atoms with Crippen LogP contribution in [0, 0.1) is 0 Å². The van der Waals surface area contributed by atoms with Gasteiger partial charge in [-0.25, -0.2) is 0 Å². The van der Waals surface area contributed by atoms with Crippen molar-refractivity contribution in [2.75, 3.05) is 47.5 Å². The van der Waals surface area contributed by atoms with Gasteiger partial charge in [0.25, 0.3) is 0 Å². The Balaban J connectivity index is 4.18. The van der Waals surface area contributed by atoms with Gasteiger partial charge in [0.1, 0.15) is 13.2 Å². The second kappa shape index (κ2) is 64.0. The zero-order valence-corrected chi connectivity index (χ0v) is 54.3. The lowest BCUT2D eigenvalue weighted by Crippen LogP contribution is -2.44. The summed E-state index contributed by atoms with van der Waals surface area (Å²) in [6.45, 7) is 4.62. The first kappa shape index (κ1) is 79.0. The van der Waals surface area contributed by atoms with Gasteiger partial charge in [0.2, 0.25) is 0 Å². The van der Waals surface area contributed by atoms with Crippen LogP contribution in [0.5, 0.6) is 0 Å². The number of ether oxygens (including phenoxy) is 4. The predicted molar refractivity (Wildman–Crippen MR) is 352 cm³/mol. The van der Waals surface area contributed by atoms with Gasteiger partial charge < -0.3 is 33.3 Å². The zero-order chi connectivity index (χ0) is 60.5. The summed E-state index contributed by atoms with van der Waals surface area (Å²) in [5.41, 5.74) is 0. The molecule has 83 heavy (non-hydrogen) atoms. The highest BCUT2D eigenvalue weighted by molar-refractivity contribution is 5.70. The fraction of sp³-hybridized carbons (Fsp3) is 0.716. The third kappa shape index (κ3) is 65.3. The maximum absolute atomic E-state index is 12.9. The summed E-state index contributed by atoms with van der Waals surface area (Å²) in [5.74, 6) is -2.31. The van der Waals surface area contributed by atoms with Crippen molar-refractivity contribution in [2.45, 2.75) is 296 Å². The van der Waals surface area contributed by atoms with Crippen LogP contribution in [0.15, 0.2) is 109 Å². The lowest BCUT2D eigenvalue weighted by molar-refractivity contribution is -0.870. The number of allylic oxidation sites excluding steroid dienone is 18. The van der Waals surface area contributed by atoms with E-state index in [-0.39, 0.29) is 38.6 Å². The van der Waals surface area contributed by atoms with Gasteiger partial charge in [0.05, 0.1) is 40.3 Å². The lowest BCUT2D eigenvalue weighted by Gasteiger charge is -2.26. The number of carbonyl (C=O) groups excluding carboxylic acids is 3. The van der Waals surface area contributed by atoms with E-state index in [1.54, 1.807) is 0 Å². The van der Waals surface area contributed by atoms with Crippen molar-refractivity contribution in [3.05, 3.63) is 109 Å². The molecule has 0 aromatic rings. The molecule has 0 rings (SSSR count). The van der Waals surface area contributed by atoms with E-state index in [9.17, 15) is 19.5 Å². The molecule has 0 radical (unpaired) electrons. The van der Waals surface area contributed by atoms with E-state index in [4.69, 9.17) is 18.9 Å². The Bertz CT molecular complexity index is 1730. The highest BCUT2D eigenvalue weighted by Gasteiger charge is 2.22. The van der Waals surface area contributed by atoms with Crippen LogP contribution in [-0.4, -0.2) is 82.3 Å². The highest BCUT2D eigenvalue weighted by atomic mass is 16.7. The van der Waals surface area contributed by atoms with Crippen molar-refractivity contribution < 1.29 is 42.9 Å². The molecular weight excluding hydrogens is 1030 g/mol. The van der Waals surface area contributed by atoms with Crippen LogP contribution < -0.4 is 5.11 Å². The molecular formula is C74H127NO8. The molecule has 0 heterocycles. The molecule has 9 nitrogen and oxygen atoms in total. The number of unbranched alkanes of at least 4 members (excludes halogenated alkanes) is 29. The molecule has 0 fully saturated rings. The number of nitrogens with zero attached hydrogens (tertiary/aromatic N) is 1. The summed E-state index contributed by atoms with van der Waals surface area (Å²) < 4.78 is 22.8. The van der Waals surface area contributed by atoms with Crippen LogP contribution in [-0.2, 0) is 33.3 Å². The maximum Gasteiger partial charge on any atom is 0.306 e. The van der Waals surface area contributed by atoms with Crippen LogP contribution in [0.25, 0.3) is 0 Å².